The number of methoxy groups -OCH3 is 1. The number of halogens is 2. The molecule has 1 aliphatic carbocycles. The number of aliphatic imine (C=N–C) groups is 1. The number of hydrogen-bond acceptors (Lipinski definition) is 4. The lowest BCUT2D eigenvalue weighted by Gasteiger charge is -2.36. The topological polar surface area (TPSA) is 50.7 Å². The van der Waals surface area contributed by atoms with Gasteiger partial charge in [0.05, 0.1) is 16.1 Å². The number of carbonyl (C=O) groups excluding carboxylic acids is 1. The van der Waals surface area contributed by atoms with Crippen LogP contribution in [0.2, 0.25) is 0 Å². The second-order valence-electron chi connectivity index (χ2n) is 7.10. The molecule has 1 amide bonds. The molecular formula is C21H20BrFN2O2S. The van der Waals surface area contributed by atoms with E-state index in [1.807, 2.05) is 18.2 Å². The van der Waals surface area contributed by atoms with E-state index in [1.165, 1.54) is 6.07 Å². The maximum Gasteiger partial charge on any atom is 0.257 e. The van der Waals surface area contributed by atoms with E-state index in [4.69, 9.17) is 9.73 Å². The van der Waals surface area contributed by atoms with E-state index in [9.17, 15) is 9.18 Å². The van der Waals surface area contributed by atoms with Crippen molar-refractivity contribution in [3.05, 3.63) is 69.9 Å². The number of ether oxygens (including phenoxy) is 1. The first-order valence-corrected chi connectivity index (χ1v) is 10.9. The highest BCUT2D eigenvalue weighted by Crippen LogP contribution is 2.52. The van der Waals surface area contributed by atoms with Crippen molar-refractivity contribution in [1.82, 2.24) is 5.32 Å². The van der Waals surface area contributed by atoms with Gasteiger partial charge in [-0.25, -0.2) is 4.39 Å². The van der Waals surface area contributed by atoms with Gasteiger partial charge in [-0.1, -0.05) is 36.0 Å². The lowest BCUT2D eigenvalue weighted by Crippen LogP contribution is -2.40. The number of thioether (sulfide) groups is 1. The van der Waals surface area contributed by atoms with Crippen LogP contribution in [0.25, 0.3) is 0 Å². The fraction of sp³-hybridized carbons (Fsp3) is 0.333. The lowest BCUT2D eigenvalue weighted by atomic mass is 9.81. The van der Waals surface area contributed by atoms with Crippen molar-refractivity contribution in [3.63, 3.8) is 0 Å². The number of amides is 1. The summed E-state index contributed by atoms with van der Waals surface area (Å²) in [6, 6.07) is 14.1. The van der Waals surface area contributed by atoms with Gasteiger partial charge in [-0.3, -0.25) is 9.79 Å². The Morgan fingerprint density at radius 1 is 1.32 bits per heavy atom. The van der Waals surface area contributed by atoms with Gasteiger partial charge in [0.2, 0.25) is 0 Å². The SMILES string of the molecule is CO[C@@H]1CC2CSC(NC(=O)c3ccccc3)=N[C@@]2(c2ccc(F)c(Br)c2)C1. The number of carbonyl (C=O) groups is 1. The highest BCUT2D eigenvalue weighted by molar-refractivity contribution is 9.10. The van der Waals surface area contributed by atoms with Crippen LogP contribution in [0.3, 0.4) is 0 Å². The Labute approximate surface area is 176 Å². The third-order valence-electron chi connectivity index (χ3n) is 5.49. The predicted molar refractivity (Wildman–Crippen MR) is 113 cm³/mol. The predicted octanol–water partition coefficient (Wildman–Crippen LogP) is 4.74. The quantitative estimate of drug-likeness (QED) is 0.716. The summed E-state index contributed by atoms with van der Waals surface area (Å²) in [5, 5.41) is 3.55. The summed E-state index contributed by atoms with van der Waals surface area (Å²) < 4.78 is 19.9. The molecule has 1 heterocycles. The number of nitrogens with one attached hydrogen (secondary N) is 1. The van der Waals surface area contributed by atoms with Gasteiger partial charge >= 0.3 is 0 Å². The standard InChI is InChI=1S/C21H20BrFN2O2S/c1-27-16-9-15-12-28-20(24-19(26)13-5-3-2-4-6-13)25-21(15,11-16)14-7-8-18(23)17(22)10-14/h2-8,10,15-16H,9,11-12H2,1H3,(H,24,25,26)/t15?,16-,21-/m1/s1. The molecule has 2 aromatic carbocycles. The smallest absolute Gasteiger partial charge is 0.257 e. The number of benzene rings is 2. The number of rotatable bonds is 3. The summed E-state index contributed by atoms with van der Waals surface area (Å²) in [6.45, 7) is 0. The van der Waals surface area contributed by atoms with Gasteiger partial charge < -0.3 is 10.1 Å². The Hall–Kier alpha value is -1.70. The van der Waals surface area contributed by atoms with E-state index in [0.717, 1.165) is 17.7 Å². The van der Waals surface area contributed by atoms with Gasteiger partial charge in [0.25, 0.3) is 5.91 Å². The molecule has 7 heteroatoms. The minimum absolute atomic E-state index is 0.0855. The monoisotopic (exact) mass is 462 g/mol. The fourth-order valence-corrected chi connectivity index (χ4v) is 5.57. The normalized spacial score (nSPS) is 26.5. The zero-order valence-electron chi connectivity index (χ0n) is 15.3. The number of fused-ring (bicyclic) bond motifs is 1. The Morgan fingerprint density at radius 3 is 2.82 bits per heavy atom. The van der Waals surface area contributed by atoms with Gasteiger partial charge in [0.15, 0.2) is 5.17 Å². The average Bonchev–Trinajstić information content (AvgIpc) is 3.10. The van der Waals surface area contributed by atoms with Crippen LogP contribution in [-0.2, 0) is 10.3 Å². The highest BCUT2D eigenvalue weighted by atomic mass is 79.9. The molecule has 3 atom stereocenters. The zero-order chi connectivity index (χ0) is 19.7. The molecule has 146 valence electrons. The molecule has 4 rings (SSSR count). The molecule has 0 radical (unpaired) electrons. The molecule has 0 saturated heterocycles. The minimum atomic E-state index is -0.526. The Morgan fingerprint density at radius 2 is 2.11 bits per heavy atom. The van der Waals surface area contributed by atoms with Crippen LogP contribution in [0.15, 0.2) is 58.0 Å². The van der Waals surface area contributed by atoms with Gasteiger partial charge in [0.1, 0.15) is 5.82 Å². The second kappa shape index (κ2) is 7.97. The average molecular weight is 463 g/mol. The van der Waals surface area contributed by atoms with Crippen molar-refractivity contribution in [3.8, 4) is 0 Å². The molecular weight excluding hydrogens is 443 g/mol. The molecule has 1 N–H and O–H groups in total. The van der Waals surface area contributed by atoms with Crippen LogP contribution in [0, 0.1) is 11.7 Å². The van der Waals surface area contributed by atoms with Gasteiger partial charge in [0, 0.05) is 30.8 Å². The van der Waals surface area contributed by atoms with Gasteiger partial charge in [-0.15, -0.1) is 0 Å². The summed E-state index contributed by atoms with van der Waals surface area (Å²) in [6.07, 6.45) is 1.68. The number of hydrogen-bond donors (Lipinski definition) is 1. The first kappa shape index (κ1) is 19.6. The van der Waals surface area contributed by atoms with Gasteiger partial charge in [-0.05, 0) is 52.2 Å². The summed E-state index contributed by atoms with van der Waals surface area (Å²) in [5.74, 6) is 0.604. The first-order valence-electron chi connectivity index (χ1n) is 9.09. The molecule has 1 fully saturated rings. The van der Waals surface area contributed by atoms with E-state index < -0.39 is 5.54 Å². The van der Waals surface area contributed by atoms with Crippen molar-refractivity contribution >= 4 is 38.8 Å². The van der Waals surface area contributed by atoms with Crippen LogP contribution in [-0.4, -0.2) is 30.0 Å². The van der Waals surface area contributed by atoms with Crippen LogP contribution in [0.4, 0.5) is 4.39 Å². The summed E-state index contributed by atoms with van der Waals surface area (Å²) in [7, 11) is 1.71. The second-order valence-corrected chi connectivity index (χ2v) is 8.96. The highest BCUT2D eigenvalue weighted by Gasteiger charge is 2.51. The fourth-order valence-electron chi connectivity index (χ4n) is 4.03. The molecule has 28 heavy (non-hydrogen) atoms. The Balaban J connectivity index is 1.70. The van der Waals surface area contributed by atoms with E-state index in [0.29, 0.717) is 21.6 Å². The van der Waals surface area contributed by atoms with Crippen molar-refractivity contribution < 1.29 is 13.9 Å². The molecule has 0 aromatic heterocycles. The molecule has 1 saturated carbocycles. The van der Waals surface area contributed by atoms with Crippen LogP contribution in [0.1, 0.15) is 28.8 Å². The number of nitrogens with zero attached hydrogens (tertiary/aromatic N) is 1. The van der Waals surface area contributed by atoms with Crippen LogP contribution >= 0.6 is 27.7 Å². The molecule has 1 aliphatic heterocycles. The summed E-state index contributed by atoms with van der Waals surface area (Å²) in [4.78, 5) is 17.6. The third kappa shape index (κ3) is 3.63. The summed E-state index contributed by atoms with van der Waals surface area (Å²) >= 11 is 4.85. The van der Waals surface area contributed by atoms with Crippen molar-refractivity contribution in [2.75, 3.05) is 12.9 Å². The molecule has 0 bridgehead atoms. The molecule has 0 spiro atoms. The number of amidine groups is 1. The van der Waals surface area contributed by atoms with E-state index >= 15 is 0 Å². The Bertz CT molecular complexity index is 924. The maximum atomic E-state index is 13.8. The van der Waals surface area contributed by atoms with E-state index in [1.54, 1.807) is 43.1 Å². The molecule has 2 aliphatic rings. The molecule has 4 nitrogen and oxygen atoms in total. The van der Waals surface area contributed by atoms with Crippen LogP contribution < -0.4 is 5.32 Å². The van der Waals surface area contributed by atoms with Crippen molar-refractivity contribution in [2.45, 2.75) is 24.5 Å². The maximum absolute atomic E-state index is 13.8. The van der Waals surface area contributed by atoms with Crippen molar-refractivity contribution in [1.29, 1.82) is 0 Å². The van der Waals surface area contributed by atoms with Crippen LogP contribution in [0.5, 0.6) is 0 Å². The van der Waals surface area contributed by atoms with E-state index in [2.05, 4.69) is 21.2 Å². The van der Waals surface area contributed by atoms with E-state index in [-0.39, 0.29) is 23.7 Å². The first-order chi connectivity index (χ1) is 13.5. The molecule has 1 unspecified atom stereocenters. The Kier molecular flexibility index (Phi) is 5.58. The molecule has 2 aromatic rings. The zero-order valence-corrected chi connectivity index (χ0v) is 17.7. The van der Waals surface area contributed by atoms with Gasteiger partial charge in [-0.2, -0.15) is 0 Å². The largest absolute Gasteiger partial charge is 0.381 e. The lowest BCUT2D eigenvalue weighted by molar-refractivity contribution is 0.0977. The minimum Gasteiger partial charge on any atom is -0.381 e. The third-order valence-corrected chi connectivity index (χ3v) is 7.14. The van der Waals surface area contributed by atoms with Crippen molar-refractivity contribution in [2.24, 2.45) is 10.9 Å². The summed E-state index contributed by atoms with van der Waals surface area (Å²) in [5.41, 5.74) is 1.01.